The van der Waals surface area contributed by atoms with E-state index in [4.69, 9.17) is 4.74 Å². The molecular formula is C27H26N2O3S. The molecular weight excluding hydrogens is 432 g/mol. The normalized spacial score (nSPS) is 20.0. The Balaban J connectivity index is 1.49. The molecule has 0 unspecified atom stereocenters. The van der Waals surface area contributed by atoms with Gasteiger partial charge in [0, 0.05) is 47.0 Å². The lowest BCUT2D eigenvalue weighted by molar-refractivity contribution is -0.134. The molecule has 0 radical (unpaired) electrons. The van der Waals surface area contributed by atoms with Crippen molar-refractivity contribution < 1.29 is 14.3 Å². The van der Waals surface area contributed by atoms with Gasteiger partial charge in [0.25, 0.3) is 0 Å². The van der Waals surface area contributed by atoms with Crippen LogP contribution in [0.5, 0.6) is 0 Å². The first kappa shape index (κ1) is 21.6. The Morgan fingerprint density at radius 3 is 2.76 bits per heavy atom. The molecule has 0 fully saturated rings. The van der Waals surface area contributed by atoms with Gasteiger partial charge in [-0.15, -0.1) is 11.8 Å². The maximum atomic E-state index is 13.4. The summed E-state index contributed by atoms with van der Waals surface area (Å²) in [5.41, 5.74) is 3.03. The average Bonchev–Trinajstić information content (AvgIpc) is 3.18. The molecule has 0 aliphatic carbocycles. The maximum Gasteiger partial charge on any atom is 0.330 e. The molecule has 3 aromatic rings. The highest BCUT2D eigenvalue weighted by Crippen LogP contribution is 2.43. The Bertz CT molecular complexity index is 1240. The Kier molecular flexibility index (Phi) is 6.09. The van der Waals surface area contributed by atoms with Crippen molar-refractivity contribution in [2.45, 2.75) is 23.8 Å². The number of allylic oxidation sites excluding steroid dienone is 2. The van der Waals surface area contributed by atoms with Gasteiger partial charge in [-0.1, -0.05) is 42.5 Å². The van der Waals surface area contributed by atoms with Crippen LogP contribution < -0.4 is 0 Å². The van der Waals surface area contributed by atoms with Gasteiger partial charge in [-0.3, -0.25) is 9.36 Å². The number of carbonyl (C=O) groups excluding carboxylic acids is 2. The van der Waals surface area contributed by atoms with Crippen LogP contribution in [-0.4, -0.2) is 40.8 Å². The van der Waals surface area contributed by atoms with Gasteiger partial charge in [-0.05, 0) is 42.2 Å². The number of aromatic nitrogens is 1. The molecule has 2 bridgehead atoms. The predicted octanol–water partition coefficient (Wildman–Crippen LogP) is 5.45. The van der Waals surface area contributed by atoms with Crippen molar-refractivity contribution in [3.63, 3.8) is 0 Å². The van der Waals surface area contributed by atoms with E-state index >= 15 is 0 Å². The van der Waals surface area contributed by atoms with Crippen molar-refractivity contribution in [3.05, 3.63) is 90.3 Å². The maximum absolute atomic E-state index is 13.4. The Morgan fingerprint density at radius 2 is 1.94 bits per heavy atom. The fraction of sp³-hybridized carbons (Fsp3) is 0.259. The number of methoxy groups -OCH3 is 1. The molecule has 0 saturated heterocycles. The second-order valence-corrected chi connectivity index (χ2v) is 9.56. The number of esters is 1. The van der Waals surface area contributed by atoms with Gasteiger partial charge < -0.3 is 9.64 Å². The van der Waals surface area contributed by atoms with Gasteiger partial charge in [0.05, 0.1) is 18.7 Å². The second kappa shape index (κ2) is 9.32. The molecule has 2 aliphatic rings. The highest BCUT2D eigenvalue weighted by Gasteiger charge is 2.37. The topological polar surface area (TPSA) is 51.5 Å². The van der Waals surface area contributed by atoms with Gasteiger partial charge in [0.2, 0.25) is 5.91 Å². The van der Waals surface area contributed by atoms with Crippen LogP contribution in [-0.2, 0) is 9.53 Å². The number of hydrogen-bond donors (Lipinski definition) is 0. The van der Waals surface area contributed by atoms with Gasteiger partial charge in [0.1, 0.15) is 0 Å². The number of rotatable bonds is 6. The van der Waals surface area contributed by atoms with Crippen LogP contribution in [0.15, 0.2) is 89.5 Å². The second-order valence-electron chi connectivity index (χ2n) is 8.39. The van der Waals surface area contributed by atoms with Crippen LogP contribution in [0.25, 0.3) is 10.9 Å². The van der Waals surface area contributed by atoms with E-state index in [0.717, 1.165) is 40.9 Å². The van der Waals surface area contributed by atoms with Crippen LogP contribution in [0.2, 0.25) is 0 Å². The Morgan fingerprint density at radius 1 is 1.15 bits per heavy atom. The Labute approximate surface area is 197 Å². The summed E-state index contributed by atoms with van der Waals surface area (Å²) in [6.45, 7) is 0.836. The van der Waals surface area contributed by atoms with E-state index in [9.17, 15) is 9.59 Å². The summed E-state index contributed by atoms with van der Waals surface area (Å²) in [4.78, 5) is 28.7. The zero-order chi connectivity index (χ0) is 22.8. The quantitative estimate of drug-likeness (QED) is 0.279. The van der Waals surface area contributed by atoms with Gasteiger partial charge in [0.15, 0.2) is 0 Å². The third-order valence-corrected chi connectivity index (χ3v) is 7.41. The van der Waals surface area contributed by atoms with E-state index in [0.29, 0.717) is 6.42 Å². The van der Waals surface area contributed by atoms with Crippen LogP contribution >= 0.6 is 11.8 Å². The lowest BCUT2D eigenvalue weighted by Crippen LogP contribution is -2.32. The summed E-state index contributed by atoms with van der Waals surface area (Å²) in [7, 11) is 1.37. The van der Waals surface area contributed by atoms with E-state index in [1.165, 1.54) is 18.1 Å². The smallest absolute Gasteiger partial charge is 0.330 e. The molecule has 2 aliphatic heterocycles. The minimum Gasteiger partial charge on any atom is -0.466 e. The molecule has 168 valence electrons. The number of hydrogen-bond acceptors (Lipinski definition) is 5. The molecule has 0 spiro atoms. The molecule has 33 heavy (non-hydrogen) atoms. The average molecular weight is 459 g/mol. The first-order valence-corrected chi connectivity index (χ1v) is 12.2. The van der Waals surface area contributed by atoms with E-state index in [-0.39, 0.29) is 23.8 Å². The summed E-state index contributed by atoms with van der Waals surface area (Å²) >= 11 is 1.82. The van der Waals surface area contributed by atoms with E-state index in [1.54, 1.807) is 0 Å². The van der Waals surface area contributed by atoms with Gasteiger partial charge in [-0.25, -0.2) is 4.79 Å². The highest BCUT2D eigenvalue weighted by molar-refractivity contribution is 7.99. The fourth-order valence-corrected chi connectivity index (χ4v) is 5.73. The molecule has 2 aromatic carbocycles. The first-order valence-electron chi connectivity index (χ1n) is 11.2. The van der Waals surface area contributed by atoms with E-state index in [2.05, 4.69) is 47.5 Å². The van der Waals surface area contributed by atoms with Crippen LogP contribution in [0.4, 0.5) is 0 Å². The highest BCUT2D eigenvalue weighted by atomic mass is 32.2. The number of fused-ring (bicyclic) bond motifs is 6. The van der Waals surface area contributed by atoms with E-state index in [1.807, 2.05) is 46.7 Å². The third-order valence-electron chi connectivity index (χ3n) is 6.42. The van der Waals surface area contributed by atoms with Crippen LogP contribution in [0.3, 0.4) is 0 Å². The van der Waals surface area contributed by atoms with Crippen molar-refractivity contribution >= 4 is 34.5 Å². The first-order chi connectivity index (χ1) is 16.1. The molecule has 5 rings (SSSR count). The van der Waals surface area contributed by atoms with Crippen molar-refractivity contribution in [2.24, 2.45) is 5.92 Å². The molecule has 2 atom stereocenters. The summed E-state index contributed by atoms with van der Waals surface area (Å²) in [5, 5.41) is 1.10. The summed E-state index contributed by atoms with van der Waals surface area (Å²) in [6, 6.07) is 20.8. The van der Waals surface area contributed by atoms with Gasteiger partial charge in [-0.2, -0.15) is 0 Å². The monoisotopic (exact) mass is 458 g/mol. The Hall–Kier alpha value is -3.25. The fourth-order valence-electron chi connectivity index (χ4n) is 4.84. The van der Waals surface area contributed by atoms with Crippen LogP contribution in [0.1, 0.15) is 29.4 Å². The van der Waals surface area contributed by atoms with Crippen molar-refractivity contribution in [3.8, 4) is 0 Å². The summed E-state index contributed by atoms with van der Waals surface area (Å²) in [5.74, 6) is 0.710. The zero-order valence-electron chi connectivity index (χ0n) is 18.5. The standard InChI is InChI=1S/C27H26N2O3S/c1-32-27(31)12-11-20-18-28(13-14-33-22-8-3-2-4-9-22)24-16-21(20)17-26(30)29-23-10-6-5-7-19(23)15-25(24)29/h2-12,15,18,21,24H,13-14,16-17H2,1H3/b12-11+/t21-,24+/m0/s1. The number of ether oxygens (including phenoxy) is 1. The van der Waals surface area contributed by atoms with Crippen molar-refractivity contribution in [1.29, 1.82) is 0 Å². The predicted molar refractivity (Wildman–Crippen MR) is 131 cm³/mol. The number of benzene rings is 2. The third kappa shape index (κ3) is 4.35. The van der Waals surface area contributed by atoms with E-state index < -0.39 is 0 Å². The van der Waals surface area contributed by atoms with Crippen LogP contribution in [0, 0.1) is 5.92 Å². The lowest BCUT2D eigenvalue weighted by atomic mass is 9.85. The van der Waals surface area contributed by atoms with Crippen molar-refractivity contribution in [1.82, 2.24) is 9.47 Å². The minimum absolute atomic E-state index is 0.0695. The molecule has 0 amide bonds. The molecule has 0 N–H and O–H groups in total. The molecule has 6 heteroatoms. The molecule has 0 saturated carbocycles. The molecule has 3 heterocycles. The number of carbonyl (C=O) groups is 2. The minimum atomic E-state index is -0.388. The number of thioether (sulfide) groups is 1. The lowest BCUT2D eigenvalue weighted by Gasteiger charge is -2.37. The largest absolute Gasteiger partial charge is 0.466 e. The zero-order valence-corrected chi connectivity index (χ0v) is 19.3. The summed E-state index contributed by atoms with van der Waals surface area (Å²) < 4.78 is 6.69. The SMILES string of the molecule is COC(=O)/C=C/C1=CN(CCSc2ccccc2)[C@@H]2C[C@H]1CC(=O)n1c2cc2ccccc21. The molecule has 1 aromatic heterocycles. The van der Waals surface area contributed by atoms with Gasteiger partial charge >= 0.3 is 5.97 Å². The van der Waals surface area contributed by atoms with Crippen molar-refractivity contribution in [2.75, 3.05) is 19.4 Å². The number of nitrogens with zero attached hydrogens (tertiary/aromatic N) is 2. The summed E-state index contributed by atoms with van der Waals surface area (Å²) in [6.07, 6.45) is 6.68. The number of para-hydroxylation sites is 1. The molecule has 5 nitrogen and oxygen atoms in total.